The van der Waals surface area contributed by atoms with E-state index in [1.165, 1.54) is 44.9 Å². The normalized spacial score (nSPS) is 30.7. The van der Waals surface area contributed by atoms with Gasteiger partial charge in [-0.1, -0.05) is 59.3 Å². The Kier molecular flexibility index (Phi) is 4.83. The molecule has 0 nitrogen and oxygen atoms in total. The average Bonchev–Trinajstić information content (AvgIpc) is 2.61. The maximum atomic E-state index is 2.40. The van der Waals surface area contributed by atoms with Crippen molar-refractivity contribution in [2.45, 2.75) is 65.7 Å². The fourth-order valence-electron chi connectivity index (χ4n) is 2.54. The van der Waals surface area contributed by atoms with Crippen LogP contribution in [0.3, 0.4) is 0 Å². The fraction of sp³-hybridized carbons (Fsp3) is 1.00. The zero-order valence-electron chi connectivity index (χ0n) is 9.68. The molecule has 3 atom stereocenters. The lowest BCUT2D eigenvalue weighted by molar-refractivity contribution is 0.394. The molecule has 0 N–H and O–H groups in total. The lowest BCUT2D eigenvalue weighted by Gasteiger charge is -2.13. The van der Waals surface area contributed by atoms with Gasteiger partial charge in [0, 0.05) is 0 Å². The summed E-state index contributed by atoms with van der Waals surface area (Å²) in [6.45, 7) is 7.06. The van der Waals surface area contributed by atoms with Gasteiger partial charge in [0.25, 0.3) is 0 Å². The molecule has 1 fully saturated rings. The minimum atomic E-state index is 0.959. The minimum Gasteiger partial charge on any atom is -0.0651 e. The van der Waals surface area contributed by atoms with Crippen LogP contribution in [0.2, 0.25) is 0 Å². The molecule has 0 amide bonds. The molecule has 1 aliphatic carbocycles. The van der Waals surface area contributed by atoms with Crippen LogP contribution >= 0.6 is 0 Å². The van der Waals surface area contributed by atoms with Crippen molar-refractivity contribution in [3.05, 3.63) is 0 Å². The SMILES string of the molecule is CCC(C)CCC1CCC(CC)C1. The Morgan fingerprint density at radius 1 is 1.15 bits per heavy atom. The first kappa shape index (κ1) is 11.1. The standard InChI is InChI=1S/C13H26/c1-4-11(3)6-7-13-9-8-12(5-2)10-13/h11-13H,4-10H2,1-3H3. The highest BCUT2D eigenvalue weighted by Gasteiger charge is 2.22. The quantitative estimate of drug-likeness (QED) is 0.581. The molecular formula is C13H26. The van der Waals surface area contributed by atoms with Crippen molar-refractivity contribution < 1.29 is 0 Å². The van der Waals surface area contributed by atoms with Crippen LogP contribution in [0.25, 0.3) is 0 Å². The summed E-state index contributed by atoms with van der Waals surface area (Å²) in [7, 11) is 0. The first-order valence-electron chi connectivity index (χ1n) is 6.26. The molecule has 0 aromatic rings. The first-order valence-corrected chi connectivity index (χ1v) is 6.26. The van der Waals surface area contributed by atoms with Gasteiger partial charge in [-0.05, 0) is 24.2 Å². The predicted octanol–water partition coefficient (Wildman–Crippen LogP) is 4.64. The van der Waals surface area contributed by atoms with E-state index in [-0.39, 0.29) is 0 Å². The Bertz CT molecular complexity index is 128. The summed E-state index contributed by atoms with van der Waals surface area (Å²) in [5, 5.41) is 0. The third-order valence-electron chi connectivity index (χ3n) is 3.99. The van der Waals surface area contributed by atoms with Crippen molar-refractivity contribution >= 4 is 0 Å². The smallest absolute Gasteiger partial charge is 0.0411 e. The maximum absolute atomic E-state index is 2.40. The summed E-state index contributed by atoms with van der Waals surface area (Å²) >= 11 is 0. The van der Waals surface area contributed by atoms with E-state index in [4.69, 9.17) is 0 Å². The summed E-state index contributed by atoms with van der Waals surface area (Å²) in [6.07, 6.45) is 10.3. The monoisotopic (exact) mass is 182 g/mol. The Labute approximate surface area is 84.1 Å². The number of hydrogen-bond acceptors (Lipinski definition) is 0. The van der Waals surface area contributed by atoms with E-state index in [9.17, 15) is 0 Å². The number of rotatable bonds is 5. The van der Waals surface area contributed by atoms with Gasteiger partial charge in [-0.2, -0.15) is 0 Å². The fourth-order valence-corrected chi connectivity index (χ4v) is 2.54. The Hall–Kier alpha value is 0. The number of hydrogen-bond donors (Lipinski definition) is 0. The second-order valence-electron chi connectivity index (χ2n) is 5.04. The van der Waals surface area contributed by atoms with Gasteiger partial charge >= 0.3 is 0 Å². The summed E-state index contributed by atoms with van der Waals surface area (Å²) < 4.78 is 0. The lowest BCUT2D eigenvalue weighted by atomic mass is 9.93. The van der Waals surface area contributed by atoms with Crippen LogP contribution in [0, 0.1) is 17.8 Å². The molecule has 0 aliphatic heterocycles. The molecule has 0 heterocycles. The van der Waals surface area contributed by atoms with Crippen molar-refractivity contribution in [3.63, 3.8) is 0 Å². The summed E-state index contributed by atoms with van der Waals surface area (Å²) in [5.74, 6) is 3.11. The van der Waals surface area contributed by atoms with Crippen LogP contribution in [-0.4, -0.2) is 0 Å². The van der Waals surface area contributed by atoms with E-state index >= 15 is 0 Å². The van der Waals surface area contributed by atoms with Gasteiger partial charge in [-0.25, -0.2) is 0 Å². The molecule has 1 rings (SSSR count). The lowest BCUT2D eigenvalue weighted by Crippen LogP contribution is -2.00. The molecule has 0 heteroatoms. The Morgan fingerprint density at radius 3 is 2.38 bits per heavy atom. The van der Waals surface area contributed by atoms with Crippen molar-refractivity contribution in [3.8, 4) is 0 Å². The van der Waals surface area contributed by atoms with Gasteiger partial charge in [0.1, 0.15) is 0 Å². The van der Waals surface area contributed by atoms with Crippen LogP contribution in [-0.2, 0) is 0 Å². The van der Waals surface area contributed by atoms with Gasteiger partial charge in [0.15, 0.2) is 0 Å². The highest BCUT2D eigenvalue weighted by atomic mass is 14.3. The zero-order valence-corrected chi connectivity index (χ0v) is 9.68. The zero-order chi connectivity index (χ0) is 9.68. The molecule has 0 bridgehead atoms. The van der Waals surface area contributed by atoms with Gasteiger partial charge in [-0.3, -0.25) is 0 Å². The van der Waals surface area contributed by atoms with Gasteiger partial charge in [0.2, 0.25) is 0 Å². The van der Waals surface area contributed by atoms with E-state index in [2.05, 4.69) is 20.8 Å². The third kappa shape index (κ3) is 3.70. The summed E-state index contributed by atoms with van der Waals surface area (Å²) in [6, 6.07) is 0. The van der Waals surface area contributed by atoms with E-state index < -0.39 is 0 Å². The molecule has 3 unspecified atom stereocenters. The second-order valence-corrected chi connectivity index (χ2v) is 5.04. The van der Waals surface area contributed by atoms with Crippen molar-refractivity contribution in [2.75, 3.05) is 0 Å². The molecule has 0 aromatic heterocycles. The van der Waals surface area contributed by atoms with Crippen LogP contribution in [0.15, 0.2) is 0 Å². The Morgan fingerprint density at radius 2 is 1.85 bits per heavy atom. The van der Waals surface area contributed by atoms with Crippen LogP contribution in [0.4, 0.5) is 0 Å². The third-order valence-corrected chi connectivity index (χ3v) is 3.99. The highest BCUT2D eigenvalue weighted by molar-refractivity contribution is 4.75. The molecular weight excluding hydrogens is 156 g/mol. The average molecular weight is 182 g/mol. The largest absolute Gasteiger partial charge is 0.0651 e. The molecule has 1 saturated carbocycles. The highest BCUT2D eigenvalue weighted by Crippen LogP contribution is 2.36. The first-order chi connectivity index (χ1) is 6.26. The predicted molar refractivity (Wildman–Crippen MR) is 59.8 cm³/mol. The summed E-state index contributed by atoms with van der Waals surface area (Å²) in [4.78, 5) is 0. The van der Waals surface area contributed by atoms with E-state index in [0.717, 1.165) is 17.8 Å². The topological polar surface area (TPSA) is 0 Å². The molecule has 13 heavy (non-hydrogen) atoms. The second kappa shape index (κ2) is 5.67. The van der Waals surface area contributed by atoms with E-state index in [1.54, 1.807) is 0 Å². The van der Waals surface area contributed by atoms with Gasteiger partial charge < -0.3 is 0 Å². The summed E-state index contributed by atoms with van der Waals surface area (Å²) in [5.41, 5.74) is 0. The molecule has 0 radical (unpaired) electrons. The molecule has 1 aliphatic rings. The van der Waals surface area contributed by atoms with Gasteiger partial charge in [-0.15, -0.1) is 0 Å². The molecule has 78 valence electrons. The van der Waals surface area contributed by atoms with Crippen LogP contribution in [0.1, 0.15) is 65.7 Å². The van der Waals surface area contributed by atoms with E-state index in [0.29, 0.717) is 0 Å². The van der Waals surface area contributed by atoms with Crippen molar-refractivity contribution in [2.24, 2.45) is 17.8 Å². The van der Waals surface area contributed by atoms with Crippen molar-refractivity contribution in [1.29, 1.82) is 0 Å². The maximum Gasteiger partial charge on any atom is -0.0411 e. The van der Waals surface area contributed by atoms with E-state index in [1.807, 2.05) is 0 Å². The van der Waals surface area contributed by atoms with Crippen LogP contribution < -0.4 is 0 Å². The minimum absolute atomic E-state index is 0.959. The van der Waals surface area contributed by atoms with Crippen LogP contribution in [0.5, 0.6) is 0 Å². The molecule has 0 saturated heterocycles. The molecule has 0 spiro atoms. The Balaban J connectivity index is 2.10. The van der Waals surface area contributed by atoms with Crippen molar-refractivity contribution in [1.82, 2.24) is 0 Å². The van der Waals surface area contributed by atoms with Gasteiger partial charge in [0.05, 0.1) is 0 Å². The molecule has 0 aromatic carbocycles.